The maximum atomic E-state index is 14.0. The molecule has 3 aromatic carbocycles. The SMILES string of the molecule is CC(=O)N1CCN(c2ccc(CN(C(=O)C=Cc3ccc(C(F)(F)F)cc3)[C@@H](Cc3ccccc3)C(=O)N(C)CCOCC#N)cc2)CC1. The first-order valence-electron chi connectivity index (χ1n) is 15.9. The van der Waals surface area contributed by atoms with Gasteiger partial charge in [0.05, 0.1) is 18.2 Å². The van der Waals surface area contributed by atoms with Gasteiger partial charge in [0, 0.05) is 71.4 Å². The molecule has 0 saturated carbocycles. The Hall–Kier alpha value is -5.15. The summed E-state index contributed by atoms with van der Waals surface area (Å²) in [7, 11) is 1.61. The van der Waals surface area contributed by atoms with Gasteiger partial charge in [-0.1, -0.05) is 54.6 Å². The molecule has 1 atom stereocenters. The zero-order valence-electron chi connectivity index (χ0n) is 27.6. The Kier molecular flexibility index (Phi) is 13.0. The number of ether oxygens (including phenoxy) is 1. The molecule has 1 aliphatic rings. The normalized spacial score (nSPS) is 14.0. The molecule has 0 N–H and O–H groups in total. The van der Waals surface area contributed by atoms with E-state index in [9.17, 15) is 27.6 Å². The number of anilines is 1. The highest BCUT2D eigenvalue weighted by atomic mass is 19.4. The summed E-state index contributed by atoms with van der Waals surface area (Å²) < 4.78 is 44.5. The molecule has 0 spiro atoms. The molecule has 0 unspecified atom stereocenters. The van der Waals surface area contributed by atoms with Crippen molar-refractivity contribution in [3.63, 3.8) is 0 Å². The average molecular weight is 676 g/mol. The monoisotopic (exact) mass is 675 g/mol. The third-order valence-corrected chi connectivity index (χ3v) is 8.37. The number of piperazine rings is 1. The van der Waals surface area contributed by atoms with Crippen LogP contribution in [0.15, 0.2) is 84.9 Å². The van der Waals surface area contributed by atoms with E-state index >= 15 is 0 Å². The van der Waals surface area contributed by atoms with Crippen molar-refractivity contribution in [2.24, 2.45) is 0 Å². The highest BCUT2D eigenvalue weighted by Gasteiger charge is 2.32. The van der Waals surface area contributed by atoms with Gasteiger partial charge in [0.1, 0.15) is 12.6 Å². The molecule has 0 aromatic heterocycles. The minimum absolute atomic E-state index is 0.0482. The van der Waals surface area contributed by atoms with Gasteiger partial charge in [0.15, 0.2) is 0 Å². The molecule has 1 aliphatic heterocycles. The lowest BCUT2D eigenvalue weighted by atomic mass is 10.0. The summed E-state index contributed by atoms with van der Waals surface area (Å²) in [4.78, 5) is 46.7. The van der Waals surface area contributed by atoms with Crippen LogP contribution in [0.4, 0.5) is 18.9 Å². The van der Waals surface area contributed by atoms with Gasteiger partial charge >= 0.3 is 6.18 Å². The van der Waals surface area contributed by atoms with Gasteiger partial charge < -0.3 is 24.3 Å². The van der Waals surface area contributed by atoms with Crippen molar-refractivity contribution in [1.82, 2.24) is 14.7 Å². The summed E-state index contributed by atoms with van der Waals surface area (Å²) >= 11 is 0. The number of rotatable bonds is 13. The third-order valence-electron chi connectivity index (χ3n) is 8.37. The van der Waals surface area contributed by atoms with E-state index in [2.05, 4.69) is 4.90 Å². The number of amides is 3. The van der Waals surface area contributed by atoms with Crippen LogP contribution in [-0.4, -0.2) is 91.4 Å². The fourth-order valence-corrected chi connectivity index (χ4v) is 5.53. The number of carbonyl (C=O) groups is 3. The second-order valence-electron chi connectivity index (χ2n) is 11.8. The van der Waals surface area contributed by atoms with E-state index < -0.39 is 23.7 Å². The predicted octanol–water partition coefficient (Wildman–Crippen LogP) is 5.03. The van der Waals surface area contributed by atoms with Crippen molar-refractivity contribution >= 4 is 29.5 Å². The van der Waals surface area contributed by atoms with Gasteiger partial charge in [-0.2, -0.15) is 18.4 Å². The van der Waals surface area contributed by atoms with E-state index in [0.29, 0.717) is 31.7 Å². The van der Waals surface area contributed by atoms with Crippen LogP contribution in [0, 0.1) is 11.3 Å². The third kappa shape index (κ3) is 10.7. The Morgan fingerprint density at radius 3 is 2.18 bits per heavy atom. The van der Waals surface area contributed by atoms with Crippen LogP contribution in [0.25, 0.3) is 6.08 Å². The zero-order valence-corrected chi connectivity index (χ0v) is 27.6. The molecular weight excluding hydrogens is 635 g/mol. The van der Waals surface area contributed by atoms with Crippen molar-refractivity contribution in [3.8, 4) is 6.07 Å². The average Bonchev–Trinajstić information content (AvgIpc) is 3.10. The molecule has 258 valence electrons. The molecule has 1 heterocycles. The maximum Gasteiger partial charge on any atom is 0.416 e. The first kappa shape index (κ1) is 36.7. The molecule has 0 radical (unpaired) electrons. The van der Waals surface area contributed by atoms with Gasteiger partial charge in [0.2, 0.25) is 17.7 Å². The fourth-order valence-electron chi connectivity index (χ4n) is 5.53. The number of carbonyl (C=O) groups excluding carboxylic acids is 3. The number of benzene rings is 3. The molecule has 9 nitrogen and oxygen atoms in total. The number of alkyl halides is 3. The van der Waals surface area contributed by atoms with Crippen molar-refractivity contribution < 1.29 is 32.3 Å². The van der Waals surface area contributed by atoms with Crippen molar-refractivity contribution in [2.45, 2.75) is 32.1 Å². The summed E-state index contributed by atoms with van der Waals surface area (Å²) in [6.07, 6.45) is -1.57. The van der Waals surface area contributed by atoms with Gasteiger partial charge in [-0.05, 0) is 47.0 Å². The topological polar surface area (TPSA) is 97.2 Å². The first-order valence-corrected chi connectivity index (χ1v) is 15.9. The van der Waals surface area contributed by atoms with Crippen LogP contribution >= 0.6 is 0 Å². The van der Waals surface area contributed by atoms with E-state index in [4.69, 9.17) is 10.00 Å². The lowest BCUT2D eigenvalue weighted by Gasteiger charge is -2.36. The number of nitrogens with zero attached hydrogens (tertiary/aromatic N) is 5. The molecule has 1 saturated heterocycles. The molecule has 3 amide bonds. The summed E-state index contributed by atoms with van der Waals surface area (Å²) in [5.74, 6) is -0.777. The lowest BCUT2D eigenvalue weighted by Crippen LogP contribution is -2.51. The maximum absolute atomic E-state index is 14.0. The lowest BCUT2D eigenvalue weighted by molar-refractivity contribution is -0.143. The van der Waals surface area contributed by atoms with Gasteiger partial charge in [-0.3, -0.25) is 14.4 Å². The summed E-state index contributed by atoms with van der Waals surface area (Å²) in [5, 5.41) is 8.80. The van der Waals surface area contributed by atoms with Crippen LogP contribution in [-0.2, 0) is 38.3 Å². The molecule has 1 fully saturated rings. The molecule has 12 heteroatoms. The number of likely N-dealkylation sites (N-methyl/N-ethyl adjacent to an activating group) is 1. The van der Waals surface area contributed by atoms with Crippen LogP contribution in [0.5, 0.6) is 0 Å². The summed E-state index contributed by atoms with van der Waals surface area (Å²) in [5.41, 5.74) is 2.18. The minimum atomic E-state index is -4.48. The Morgan fingerprint density at radius 2 is 1.59 bits per heavy atom. The molecule has 0 aliphatic carbocycles. The Labute approximate surface area is 284 Å². The van der Waals surface area contributed by atoms with Crippen LogP contribution in [0.1, 0.15) is 29.2 Å². The standard InChI is InChI=1S/C37H40F3N5O4/c1-28(46)43-19-21-44(22-20-43)33-15-10-31(11-16-33)27-45(35(47)17-12-29-8-13-32(14-9-29)37(38,39)40)34(26-30-6-4-3-5-7-30)36(48)42(2)23-25-49-24-18-41/h3-17,34H,19-27H2,1-2H3/t34-/m0/s1. The van der Waals surface area contributed by atoms with Crippen LogP contribution in [0.2, 0.25) is 0 Å². The molecule has 49 heavy (non-hydrogen) atoms. The zero-order chi connectivity index (χ0) is 35.4. The van der Waals surface area contributed by atoms with E-state index in [1.54, 1.807) is 14.0 Å². The number of halogens is 3. The van der Waals surface area contributed by atoms with Crippen molar-refractivity contribution in [2.75, 3.05) is 57.9 Å². The van der Waals surface area contributed by atoms with E-state index in [0.717, 1.165) is 28.9 Å². The van der Waals surface area contributed by atoms with Crippen LogP contribution in [0.3, 0.4) is 0 Å². The predicted molar refractivity (Wildman–Crippen MR) is 180 cm³/mol. The Bertz CT molecular complexity index is 1610. The van der Waals surface area contributed by atoms with Crippen LogP contribution < -0.4 is 4.90 Å². The van der Waals surface area contributed by atoms with E-state index in [-0.39, 0.29) is 44.5 Å². The second-order valence-corrected chi connectivity index (χ2v) is 11.8. The van der Waals surface area contributed by atoms with E-state index in [1.165, 1.54) is 34.1 Å². The molecule has 3 aromatic rings. The second kappa shape index (κ2) is 17.3. The van der Waals surface area contributed by atoms with Crippen molar-refractivity contribution in [3.05, 3.63) is 107 Å². The van der Waals surface area contributed by atoms with Gasteiger partial charge in [-0.15, -0.1) is 0 Å². The fraction of sp³-hybridized carbons (Fsp3) is 0.351. The molecule has 0 bridgehead atoms. The number of nitriles is 1. The van der Waals surface area contributed by atoms with Gasteiger partial charge in [-0.25, -0.2) is 0 Å². The Balaban J connectivity index is 1.62. The molecular formula is C37H40F3N5O4. The van der Waals surface area contributed by atoms with Crippen molar-refractivity contribution in [1.29, 1.82) is 5.26 Å². The largest absolute Gasteiger partial charge is 0.416 e. The van der Waals surface area contributed by atoms with E-state index in [1.807, 2.05) is 65.6 Å². The summed E-state index contributed by atoms with van der Waals surface area (Å²) in [6.45, 7) is 4.50. The number of hydrogen-bond acceptors (Lipinski definition) is 6. The minimum Gasteiger partial charge on any atom is -0.368 e. The van der Waals surface area contributed by atoms with Gasteiger partial charge in [0.25, 0.3) is 0 Å². The highest BCUT2D eigenvalue weighted by molar-refractivity contribution is 5.95. The highest BCUT2D eigenvalue weighted by Crippen LogP contribution is 2.29. The Morgan fingerprint density at radius 1 is 0.939 bits per heavy atom. The quantitative estimate of drug-likeness (QED) is 0.187. The molecule has 4 rings (SSSR count). The smallest absolute Gasteiger partial charge is 0.368 e. The first-order chi connectivity index (χ1) is 23.5. The number of hydrogen-bond donors (Lipinski definition) is 0. The summed E-state index contributed by atoms with van der Waals surface area (Å²) in [6, 6.07) is 22.4.